The monoisotopic (exact) mass is 545 g/mol. The molecule has 0 spiro atoms. The molecule has 0 radical (unpaired) electrons. The van der Waals surface area contributed by atoms with Gasteiger partial charge < -0.3 is 4.98 Å². The van der Waals surface area contributed by atoms with Crippen LogP contribution < -0.4 is 4.72 Å². The maximum Gasteiger partial charge on any atom is 0.209 e. The van der Waals surface area contributed by atoms with E-state index < -0.39 is 21.7 Å². The number of rotatable bonds is 6. The smallest absolute Gasteiger partial charge is 0.209 e. The molecule has 0 unspecified atom stereocenters. The largest absolute Gasteiger partial charge is 0.336 e. The van der Waals surface area contributed by atoms with Gasteiger partial charge in [-0.05, 0) is 54.4 Å². The Balaban J connectivity index is 1.46. The molecule has 2 aromatic carbocycles. The second-order valence-electron chi connectivity index (χ2n) is 9.22. The molecule has 0 saturated carbocycles. The number of hydrogen-bond acceptors (Lipinski definition) is 6. The first-order valence-corrected chi connectivity index (χ1v) is 13.7. The molecular formula is C27H21F2N7O2S. The number of nitrogens with one attached hydrogen (secondary N) is 3. The van der Waals surface area contributed by atoms with E-state index in [-0.39, 0.29) is 6.54 Å². The first-order valence-electron chi connectivity index (χ1n) is 11.8. The van der Waals surface area contributed by atoms with Crippen molar-refractivity contribution in [3.63, 3.8) is 0 Å². The molecule has 0 aliphatic rings. The van der Waals surface area contributed by atoms with Crippen molar-refractivity contribution in [1.82, 2.24) is 34.9 Å². The van der Waals surface area contributed by atoms with Crippen LogP contribution in [0.3, 0.4) is 0 Å². The van der Waals surface area contributed by atoms with Crippen molar-refractivity contribution in [1.29, 1.82) is 0 Å². The third kappa shape index (κ3) is 4.75. The van der Waals surface area contributed by atoms with Crippen molar-refractivity contribution < 1.29 is 17.2 Å². The van der Waals surface area contributed by atoms with Gasteiger partial charge in [0.25, 0.3) is 0 Å². The van der Waals surface area contributed by atoms with Crippen molar-refractivity contribution in [2.24, 2.45) is 0 Å². The number of aromatic amines is 2. The van der Waals surface area contributed by atoms with E-state index >= 15 is 4.39 Å². The van der Waals surface area contributed by atoms with Gasteiger partial charge in [0.2, 0.25) is 10.0 Å². The minimum absolute atomic E-state index is 0.0695. The fraction of sp³-hybridized carbons (Fsp3) is 0.111. The zero-order valence-corrected chi connectivity index (χ0v) is 21.6. The molecule has 0 aliphatic heterocycles. The summed E-state index contributed by atoms with van der Waals surface area (Å²) in [7, 11) is -3.46. The number of halogens is 2. The maximum atomic E-state index is 15.0. The molecule has 0 atom stereocenters. The molecule has 12 heteroatoms. The lowest BCUT2D eigenvalue weighted by molar-refractivity contribution is 0.586. The summed E-state index contributed by atoms with van der Waals surface area (Å²) >= 11 is 0. The van der Waals surface area contributed by atoms with Crippen LogP contribution >= 0.6 is 0 Å². The quantitative estimate of drug-likeness (QED) is 0.274. The van der Waals surface area contributed by atoms with Crippen molar-refractivity contribution in [2.45, 2.75) is 13.5 Å². The molecule has 0 bridgehead atoms. The van der Waals surface area contributed by atoms with Crippen LogP contribution in [-0.2, 0) is 16.6 Å². The fourth-order valence-corrected chi connectivity index (χ4v) is 4.96. The van der Waals surface area contributed by atoms with Gasteiger partial charge in [-0.1, -0.05) is 0 Å². The zero-order chi connectivity index (χ0) is 27.3. The number of nitrogens with zero attached hydrogens (tertiary/aromatic N) is 4. The van der Waals surface area contributed by atoms with Gasteiger partial charge in [0.05, 0.1) is 23.0 Å². The van der Waals surface area contributed by atoms with E-state index in [9.17, 15) is 12.8 Å². The topological polar surface area (TPSA) is 129 Å². The number of hydrogen-bond donors (Lipinski definition) is 3. The van der Waals surface area contributed by atoms with Gasteiger partial charge in [-0.25, -0.2) is 26.9 Å². The number of pyridine rings is 2. The van der Waals surface area contributed by atoms with Crippen molar-refractivity contribution >= 4 is 32.0 Å². The van der Waals surface area contributed by atoms with E-state index in [1.165, 1.54) is 18.2 Å². The van der Waals surface area contributed by atoms with Gasteiger partial charge in [-0.15, -0.1) is 0 Å². The zero-order valence-electron chi connectivity index (χ0n) is 20.8. The summed E-state index contributed by atoms with van der Waals surface area (Å²) in [6.45, 7) is 1.82. The Morgan fingerprint density at radius 2 is 1.82 bits per heavy atom. The number of benzene rings is 2. The fourth-order valence-electron chi connectivity index (χ4n) is 4.53. The minimum atomic E-state index is -3.46. The predicted octanol–water partition coefficient (Wildman–Crippen LogP) is 4.87. The molecule has 0 aliphatic carbocycles. The van der Waals surface area contributed by atoms with E-state index in [4.69, 9.17) is 4.98 Å². The maximum absolute atomic E-state index is 15.0. The highest BCUT2D eigenvalue weighted by atomic mass is 32.2. The third-order valence-corrected chi connectivity index (χ3v) is 7.04. The Hall–Kier alpha value is -4.55. The van der Waals surface area contributed by atoms with Crippen LogP contribution in [-0.4, -0.2) is 44.8 Å². The van der Waals surface area contributed by atoms with Crippen LogP contribution in [0.2, 0.25) is 0 Å². The average molecular weight is 546 g/mol. The Morgan fingerprint density at radius 1 is 0.974 bits per heavy atom. The summed E-state index contributed by atoms with van der Waals surface area (Å²) in [5, 5.41) is 7.91. The molecule has 196 valence electrons. The van der Waals surface area contributed by atoms with E-state index in [2.05, 4.69) is 29.9 Å². The third-order valence-electron chi connectivity index (χ3n) is 6.37. The molecule has 9 nitrogen and oxygen atoms in total. The molecule has 0 amide bonds. The standard InChI is InChI=1S/C27H21F2N7O2S/c1-14-3-5-30-13-20(14)18-10-19-23(11-21(18)29)35-36-25(19)27-33-22-4-6-31-24(26(22)34-27)16-7-15(8-17(28)9-16)12-32-39(2,37)38/h3-11,13,32H,12H2,1-2H3,(H,33,34)(H,35,36). The highest BCUT2D eigenvalue weighted by Gasteiger charge is 2.19. The van der Waals surface area contributed by atoms with Gasteiger partial charge in [0.15, 0.2) is 5.82 Å². The number of aromatic nitrogens is 6. The van der Waals surface area contributed by atoms with Crippen LogP contribution in [0, 0.1) is 18.6 Å². The van der Waals surface area contributed by atoms with E-state index in [1.807, 2.05) is 13.0 Å². The Morgan fingerprint density at radius 3 is 2.62 bits per heavy atom. The first-order chi connectivity index (χ1) is 18.7. The van der Waals surface area contributed by atoms with Gasteiger partial charge in [-0.3, -0.25) is 15.1 Å². The van der Waals surface area contributed by atoms with Crippen LogP contribution in [0.15, 0.2) is 61.1 Å². The number of fused-ring (bicyclic) bond motifs is 2. The lowest BCUT2D eigenvalue weighted by Gasteiger charge is -2.07. The Labute approximate surface area is 221 Å². The van der Waals surface area contributed by atoms with Crippen molar-refractivity contribution in [3.05, 3.63) is 83.8 Å². The second-order valence-corrected chi connectivity index (χ2v) is 11.1. The normalized spacial score (nSPS) is 12.0. The predicted molar refractivity (Wildman–Crippen MR) is 144 cm³/mol. The summed E-state index contributed by atoms with van der Waals surface area (Å²) < 4.78 is 54.9. The van der Waals surface area contributed by atoms with Gasteiger partial charge in [0, 0.05) is 53.3 Å². The molecule has 6 rings (SSSR count). The lowest BCUT2D eigenvalue weighted by Crippen LogP contribution is -2.21. The summed E-state index contributed by atoms with van der Waals surface area (Å²) in [6, 6.07) is 10.9. The van der Waals surface area contributed by atoms with Crippen LogP contribution in [0.1, 0.15) is 11.1 Å². The van der Waals surface area contributed by atoms with Gasteiger partial charge >= 0.3 is 0 Å². The van der Waals surface area contributed by atoms with Crippen LogP contribution in [0.4, 0.5) is 8.78 Å². The Kier molecular flexibility index (Phi) is 5.92. The molecule has 0 saturated heterocycles. The lowest BCUT2D eigenvalue weighted by atomic mass is 10.00. The highest BCUT2D eigenvalue weighted by molar-refractivity contribution is 7.88. The van der Waals surface area contributed by atoms with E-state index in [0.29, 0.717) is 61.4 Å². The molecule has 4 aromatic heterocycles. The van der Waals surface area contributed by atoms with Crippen molar-refractivity contribution in [2.75, 3.05) is 6.26 Å². The number of imidazole rings is 1. The average Bonchev–Trinajstić information content (AvgIpc) is 3.50. The summed E-state index contributed by atoms with van der Waals surface area (Å²) in [6.07, 6.45) is 5.88. The van der Waals surface area contributed by atoms with Gasteiger partial charge in [0.1, 0.15) is 22.8 Å². The summed E-state index contributed by atoms with van der Waals surface area (Å²) in [5.74, 6) is -0.524. The number of H-pyrrole nitrogens is 2. The minimum Gasteiger partial charge on any atom is -0.336 e. The van der Waals surface area contributed by atoms with Crippen LogP contribution in [0.25, 0.3) is 55.8 Å². The molecule has 4 heterocycles. The van der Waals surface area contributed by atoms with Crippen molar-refractivity contribution in [3.8, 4) is 33.9 Å². The molecule has 3 N–H and O–H groups in total. The van der Waals surface area contributed by atoms with Gasteiger partial charge in [-0.2, -0.15) is 5.10 Å². The van der Waals surface area contributed by atoms with E-state index in [0.717, 1.165) is 11.8 Å². The number of sulfonamides is 1. The molecule has 39 heavy (non-hydrogen) atoms. The number of aryl methyl sites for hydroxylation is 1. The highest BCUT2D eigenvalue weighted by Crippen LogP contribution is 2.34. The molecule has 0 fully saturated rings. The summed E-state index contributed by atoms with van der Waals surface area (Å²) in [4.78, 5) is 16.5. The molecular weight excluding hydrogens is 524 g/mol. The second kappa shape index (κ2) is 9.33. The van der Waals surface area contributed by atoms with E-state index in [1.54, 1.807) is 36.8 Å². The SMILES string of the molecule is Cc1ccncc1-c1cc2c(-c3nc4c(-c5cc(F)cc(CNS(C)(=O)=O)c5)nccc4[nH]3)n[nH]c2cc1F. The Bertz CT molecular complexity index is 2000. The summed E-state index contributed by atoms with van der Waals surface area (Å²) in [5.41, 5.74) is 5.32. The molecule has 6 aromatic rings. The van der Waals surface area contributed by atoms with Crippen LogP contribution in [0.5, 0.6) is 0 Å². The first kappa shape index (κ1) is 24.8.